The average molecular weight is 118 g/mol. The number of hydrogen-bond acceptors (Lipinski definition) is 2. The van der Waals surface area contributed by atoms with Crippen molar-refractivity contribution in [1.82, 2.24) is 5.01 Å². The Hall–Kier alpha value is -0.200. The molecule has 48 valence electrons. The van der Waals surface area contributed by atoms with Crippen LogP contribution in [0.2, 0.25) is 0 Å². The molecule has 0 spiro atoms. The number of nitrogens with one attached hydrogen (secondary N) is 3. The van der Waals surface area contributed by atoms with Gasteiger partial charge in [-0.1, -0.05) is 0 Å². The van der Waals surface area contributed by atoms with Gasteiger partial charge in [-0.05, 0) is 0 Å². The normalized spacial score (nSPS) is 27.4. The number of hydroxylamine groups is 1. The zero-order valence-corrected chi connectivity index (χ0v) is 4.77. The van der Waals surface area contributed by atoms with Crippen LogP contribution >= 0.6 is 0 Å². The van der Waals surface area contributed by atoms with Crippen LogP contribution in [0, 0.1) is 5.21 Å². The Labute approximate surface area is 47.7 Å². The maximum atomic E-state index is 10.4. The summed E-state index contributed by atoms with van der Waals surface area (Å²) in [5.41, 5.74) is 0. The van der Waals surface area contributed by atoms with Crippen molar-refractivity contribution in [2.45, 2.75) is 0 Å². The lowest BCUT2D eigenvalue weighted by molar-refractivity contribution is -1.49. The number of hydrogen-bond donors (Lipinski definition) is 2. The third-order valence-corrected chi connectivity index (χ3v) is 1.10. The van der Waals surface area contributed by atoms with E-state index in [1.807, 2.05) is 0 Å². The summed E-state index contributed by atoms with van der Waals surface area (Å²) in [6.45, 7) is 1.77. The van der Waals surface area contributed by atoms with Crippen molar-refractivity contribution < 1.29 is 10.4 Å². The second kappa shape index (κ2) is 1.96. The summed E-state index contributed by atoms with van der Waals surface area (Å²) in [7, 11) is 1.42. The standard InChI is InChI=1S/C3H10N4O/c1-5(8)7(4)6-2-3-6/h4-5,7H,2-3H2,1H3. The quantitative estimate of drug-likeness (QED) is 0.300. The number of rotatable bonds is 2. The summed E-state index contributed by atoms with van der Waals surface area (Å²) >= 11 is 0. The highest BCUT2D eigenvalue weighted by Crippen LogP contribution is 1.88. The first-order valence-electron chi connectivity index (χ1n) is 2.56. The summed E-state index contributed by atoms with van der Waals surface area (Å²) in [5, 5.41) is 12.1. The fourth-order valence-electron chi connectivity index (χ4n) is 0.496. The van der Waals surface area contributed by atoms with Gasteiger partial charge in [0.15, 0.2) is 0 Å². The molecule has 0 aliphatic carbocycles. The molecule has 0 saturated carbocycles. The highest BCUT2D eigenvalue weighted by molar-refractivity contribution is 4.57. The molecule has 0 aromatic heterocycles. The van der Waals surface area contributed by atoms with Gasteiger partial charge in [-0.25, -0.2) is 5.17 Å². The van der Waals surface area contributed by atoms with Crippen LogP contribution in [0.3, 0.4) is 0 Å². The van der Waals surface area contributed by atoms with Gasteiger partial charge in [0.05, 0.1) is 13.1 Å². The smallest absolute Gasteiger partial charge is 0.111 e. The molecule has 1 saturated heterocycles. The lowest BCUT2D eigenvalue weighted by Gasteiger charge is -2.28. The minimum Gasteiger partial charge on any atom is -0.583 e. The molecular formula is C3H10N4O. The van der Waals surface area contributed by atoms with E-state index in [4.69, 9.17) is 5.84 Å². The molecule has 0 aromatic rings. The molecule has 1 aliphatic rings. The van der Waals surface area contributed by atoms with Crippen LogP contribution in [0.1, 0.15) is 0 Å². The van der Waals surface area contributed by atoms with E-state index in [2.05, 4.69) is 0 Å². The van der Waals surface area contributed by atoms with E-state index in [0.717, 1.165) is 13.1 Å². The summed E-state index contributed by atoms with van der Waals surface area (Å²) in [5.74, 6) is 7.04. The number of nitrogens with zero attached hydrogens (tertiary/aromatic N) is 1. The minimum absolute atomic E-state index is 0.137. The van der Waals surface area contributed by atoms with E-state index in [1.165, 1.54) is 7.05 Å². The molecule has 0 aromatic carbocycles. The summed E-state index contributed by atoms with van der Waals surface area (Å²) < 4.78 is 0. The van der Waals surface area contributed by atoms with Gasteiger partial charge < -0.3 is 11.0 Å². The molecule has 0 bridgehead atoms. The van der Waals surface area contributed by atoms with Crippen molar-refractivity contribution in [1.29, 1.82) is 0 Å². The van der Waals surface area contributed by atoms with Gasteiger partial charge >= 0.3 is 0 Å². The van der Waals surface area contributed by atoms with Gasteiger partial charge in [-0.3, -0.25) is 0 Å². The Morgan fingerprint density at radius 2 is 2.12 bits per heavy atom. The van der Waals surface area contributed by atoms with Gasteiger partial charge in [-0.15, -0.1) is 5.01 Å². The first-order valence-corrected chi connectivity index (χ1v) is 2.56. The molecule has 2 unspecified atom stereocenters. The summed E-state index contributed by atoms with van der Waals surface area (Å²) in [6.07, 6.45) is 0. The third kappa shape index (κ3) is 1.15. The van der Waals surface area contributed by atoms with Crippen molar-refractivity contribution in [3.63, 3.8) is 0 Å². The van der Waals surface area contributed by atoms with Crippen molar-refractivity contribution in [3.05, 3.63) is 11.0 Å². The third-order valence-electron chi connectivity index (χ3n) is 1.10. The van der Waals surface area contributed by atoms with Gasteiger partial charge in [0.25, 0.3) is 0 Å². The molecule has 5 nitrogen and oxygen atoms in total. The SMILES string of the molecule is C[NH+]([O-])[NH+]([NH-])N1CC1. The first kappa shape index (κ1) is 5.93. The Kier molecular flexibility index (Phi) is 1.45. The minimum atomic E-state index is -0.137. The van der Waals surface area contributed by atoms with Gasteiger partial charge in [0.2, 0.25) is 0 Å². The maximum Gasteiger partial charge on any atom is 0.111 e. The van der Waals surface area contributed by atoms with Gasteiger partial charge in [0, 0.05) is 0 Å². The van der Waals surface area contributed by atoms with Crippen LogP contribution < -0.4 is 10.4 Å². The second-order valence-electron chi connectivity index (χ2n) is 1.89. The monoisotopic (exact) mass is 118 g/mol. The fourth-order valence-corrected chi connectivity index (χ4v) is 0.496. The van der Waals surface area contributed by atoms with E-state index in [1.54, 1.807) is 5.01 Å². The Morgan fingerprint density at radius 3 is 2.25 bits per heavy atom. The van der Waals surface area contributed by atoms with Crippen LogP contribution in [0.5, 0.6) is 0 Å². The van der Waals surface area contributed by atoms with Crippen molar-refractivity contribution in [2.75, 3.05) is 20.1 Å². The zero-order valence-electron chi connectivity index (χ0n) is 4.77. The highest BCUT2D eigenvalue weighted by atomic mass is 16.6. The molecule has 8 heavy (non-hydrogen) atoms. The van der Waals surface area contributed by atoms with Crippen molar-refractivity contribution in [3.8, 4) is 0 Å². The Morgan fingerprint density at radius 1 is 1.62 bits per heavy atom. The molecule has 2 atom stereocenters. The molecule has 3 N–H and O–H groups in total. The van der Waals surface area contributed by atoms with Crippen LogP contribution in [-0.2, 0) is 0 Å². The van der Waals surface area contributed by atoms with Crippen molar-refractivity contribution >= 4 is 0 Å². The van der Waals surface area contributed by atoms with Crippen LogP contribution in [0.4, 0.5) is 0 Å². The van der Waals surface area contributed by atoms with Gasteiger partial charge in [0.1, 0.15) is 7.05 Å². The molecule has 1 heterocycles. The predicted octanol–water partition coefficient (Wildman–Crippen LogP) is -3.00. The topological polar surface area (TPSA) is 58.8 Å². The van der Waals surface area contributed by atoms with E-state index in [9.17, 15) is 5.21 Å². The van der Waals surface area contributed by atoms with Crippen LogP contribution in [0.25, 0.3) is 5.84 Å². The predicted molar refractivity (Wildman–Crippen MR) is 27.1 cm³/mol. The number of quaternary nitrogens is 2. The molecule has 0 radical (unpaired) electrons. The van der Waals surface area contributed by atoms with E-state index in [0.29, 0.717) is 0 Å². The molecule has 5 heteroatoms. The lowest BCUT2D eigenvalue weighted by atomic mass is 11.0. The molecule has 1 fully saturated rings. The molecule has 1 rings (SSSR count). The van der Waals surface area contributed by atoms with E-state index in [-0.39, 0.29) is 10.4 Å². The first-order chi connectivity index (χ1) is 3.72. The largest absolute Gasteiger partial charge is 0.583 e. The van der Waals surface area contributed by atoms with Crippen molar-refractivity contribution in [2.24, 2.45) is 0 Å². The average Bonchev–Trinajstić information content (AvgIpc) is 2.43. The molecule has 1 aliphatic heterocycles. The zero-order chi connectivity index (χ0) is 6.15. The lowest BCUT2D eigenvalue weighted by Crippen LogP contribution is -3.55. The van der Waals surface area contributed by atoms with Crippen LogP contribution in [0.15, 0.2) is 0 Å². The second-order valence-corrected chi connectivity index (χ2v) is 1.89. The summed E-state index contributed by atoms with van der Waals surface area (Å²) in [4.78, 5) is 0. The fraction of sp³-hybridized carbons (Fsp3) is 1.00. The summed E-state index contributed by atoms with van der Waals surface area (Å²) in [6, 6.07) is 0. The molecular weight excluding hydrogens is 108 g/mol. The van der Waals surface area contributed by atoms with Crippen LogP contribution in [-0.4, -0.2) is 25.1 Å². The van der Waals surface area contributed by atoms with Gasteiger partial charge in [-0.2, -0.15) is 5.23 Å². The maximum absolute atomic E-state index is 10.4. The Balaban J connectivity index is 2.22. The molecule has 0 amide bonds. The van der Waals surface area contributed by atoms with E-state index < -0.39 is 0 Å². The Bertz CT molecular complexity index is 79.4. The highest BCUT2D eigenvalue weighted by Gasteiger charge is 2.26. The van der Waals surface area contributed by atoms with E-state index >= 15 is 0 Å².